The minimum Gasteiger partial charge on any atom is -0.310 e. The van der Waals surface area contributed by atoms with Crippen molar-refractivity contribution in [3.8, 4) is 0 Å². The summed E-state index contributed by atoms with van der Waals surface area (Å²) in [5, 5.41) is 8.33. The van der Waals surface area contributed by atoms with E-state index in [4.69, 9.17) is 5.10 Å². The fourth-order valence-electron chi connectivity index (χ4n) is 3.06. The SMILES string of the molecule is Cc1nn(C2CCCC(C)C2)cc1CNC1CC1. The monoisotopic (exact) mass is 247 g/mol. The summed E-state index contributed by atoms with van der Waals surface area (Å²) in [7, 11) is 0. The van der Waals surface area contributed by atoms with Gasteiger partial charge in [-0.05, 0) is 38.5 Å². The summed E-state index contributed by atoms with van der Waals surface area (Å²) in [6.45, 7) is 5.52. The third kappa shape index (κ3) is 2.77. The summed E-state index contributed by atoms with van der Waals surface area (Å²) < 4.78 is 2.24. The Labute approximate surface area is 110 Å². The molecule has 1 aromatic rings. The Morgan fingerprint density at radius 3 is 2.89 bits per heavy atom. The molecule has 100 valence electrons. The maximum absolute atomic E-state index is 4.74. The van der Waals surface area contributed by atoms with Gasteiger partial charge in [0.2, 0.25) is 0 Å². The molecule has 0 spiro atoms. The van der Waals surface area contributed by atoms with E-state index in [0.717, 1.165) is 18.5 Å². The maximum Gasteiger partial charge on any atom is 0.0638 e. The molecule has 2 aliphatic rings. The van der Waals surface area contributed by atoms with Crippen molar-refractivity contribution in [2.24, 2.45) is 5.92 Å². The summed E-state index contributed by atoms with van der Waals surface area (Å²) in [5.41, 5.74) is 2.60. The summed E-state index contributed by atoms with van der Waals surface area (Å²) in [4.78, 5) is 0. The standard InChI is InChI=1S/C15H25N3/c1-11-4-3-5-15(8-11)18-10-13(12(2)17-18)9-16-14-6-7-14/h10-11,14-16H,3-9H2,1-2H3. The lowest BCUT2D eigenvalue weighted by molar-refractivity contribution is 0.266. The van der Waals surface area contributed by atoms with Gasteiger partial charge in [0.25, 0.3) is 0 Å². The zero-order valence-corrected chi connectivity index (χ0v) is 11.7. The maximum atomic E-state index is 4.74. The molecule has 2 saturated carbocycles. The molecule has 1 aromatic heterocycles. The van der Waals surface area contributed by atoms with Crippen molar-refractivity contribution in [1.29, 1.82) is 0 Å². The topological polar surface area (TPSA) is 29.9 Å². The predicted molar refractivity (Wildman–Crippen MR) is 73.5 cm³/mol. The number of nitrogens with one attached hydrogen (secondary N) is 1. The second-order valence-corrected chi connectivity index (χ2v) is 6.30. The van der Waals surface area contributed by atoms with E-state index in [1.54, 1.807) is 0 Å². The molecule has 3 nitrogen and oxygen atoms in total. The van der Waals surface area contributed by atoms with Crippen molar-refractivity contribution in [2.75, 3.05) is 0 Å². The fourth-order valence-corrected chi connectivity index (χ4v) is 3.06. The average Bonchev–Trinajstić information content (AvgIpc) is 3.10. The van der Waals surface area contributed by atoms with E-state index < -0.39 is 0 Å². The Morgan fingerprint density at radius 2 is 2.17 bits per heavy atom. The van der Waals surface area contributed by atoms with Crippen LogP contribution in [0.3, 0.4) is 0 Å². The molecule has 2 atom stereocenters. The second kappa shape index (κ2) is 5.04. The average molecular weight is 247 g/mol. The number of hydrogen-bond donors (Lipinski definition) is 1. The van der Waals surface area contributed by atoms with Crippen LogP contribution in [0.4, 0.5) is 0 Å². The molecule has 3 heteroatoms. The number of aryl methyl sites for hydroxylation is 1. The van der Waals surface area contributed by atoms with E-state index in [9.17, 15) is 0 Å². The Bertz CT molecular complexity index is 406. The first-order chi connectivity index (χ1) is 8.72. The lowest BCUT2D eigenvalue weighted by Gasteiger charge is -2.26. The van der Waals surface area contributed by atoms with Gasteiger partial charge in [0.05, 0.1) is 11.7 Å². The number of aromatic nitrogens is 2. The summed E-state index contributed by atoms with van der Waals surface area (Å²) in [6.07, 6.45) is 10.4. The minimum atomic E-state index is 0.641. The summed E-state index contributed by atoms with van der Waals surface area (Å²) in [6, 6.07) is 1.42. The van der Waals surface area contributed by atoms with Crippen LogP contribution in [0, 0.1) is 12.8 Å². The third-order valence-corrected chi connectivity index (χ3v) is 4.46. The smallest absolute Gasteiger partial charge is 0.0638 e. The van der Waals surface area contributed by atoms with Crippen molar-refractivity contribution >= 4 is 0 Å². The van der Waals surface area contributed by atoms with Gasteiger partial charge in [-0.25, -0.2) is 0 Å². The molecule has 0 aromatic carbocycles. The molecule has 2 aliphatic carbocycles. The summed E-state index contributed by atoms with van der Waals surface area (Å²) in [5.74, 6) is 0.862. The highest BCUT2D eigenvalue weighted by molar-refractivity contribution is 5.16. The van der Waals surface area contributed by atoms with Gasteiger partial charge >= 0.3 is 0 Å². The third-order valence-electron chi connectivity index (χ3n) is 4.46. The van der Waals surface area contributed by atoms with Gasteiger partial charge in [-0.2, -0.15) is 5.10 Å². The molecule has 0 aliphatic heterocycles. The zero-order chi connectivity index (χ0) is 12.5. The zero-order valence-electron chi connectivity index (χ0n) is 11.7. The van der Waals surface area contributed by atoms with Crippen molar-refractivity contribution in [1.82, 2.24) is 15.1 Å². The molecule has 0 saturated heterocycles. The highest BCUT2D eigenvalue weighted by Crippen LogP contribution is 2.32. The lowest BCUT2D eigenvalue weighted by atomic mass is 9.87. The molecule has 18 heavy (non-hydrogen) atoms. The van der Waals surface area contributed by atoms with Gasteiger partial charge in [0.15, 0.2) is 0 Å². The van der Waals surface area contributed by atoms with Gasteiger partial charge in [-0.1, -0.05) is 19.8 Å². The highest BCUT2D eigenvalue weighted by Gasteiger charge is 2.23. The molecule has 2 unspecified atom stereocenters. The van der Waals surface area contributed by atoms with E-state index in [1.807, 2.05) is 0 Å². The number of rotatable bonds is 4. The van der Waals surface area contributed by atoms with Crippen molar-refractivity contribution in [3.05, 3.63) is 17.5 Å². The van der Waals surface area contributed by atoms with Gasteiger partial charge in [0, 0.05) is 24.3 Å². The molecule has 0 bridgehead atoms. The first kappa shape index (κ1) is 12.2. The molecule has 0 amide bonds. The highest BCUT2D eigenvalue weighted by atomic mass is 15.3. The number of hydrogen-bond acceptors (Lipinski definition) is 2. The lowest BCUT2D eigenvalue weighted by Crippen LogP contribution is -2.18. The van der Waals surface area contributed by atoms with Crippen LogP contribution < -0.4 is 5.32 Å². The summed E-state index contributed by atoms with van der Waals surface area (Å²) >= 11 is 0. The van der Waals surface area contributed by atoms with Gasteiger partial charge in [-0.15, -0.1) is 0 Å². The van der Waals surface area contributed by atoms with Crippen LogP contribution in [0.5, 0.6) is 0 Å². The molecular formula is C15H25N3. The first-order valence-corrected chi connectivity index (χ1v) is 7.50. The van der Waals surface area contributed by atoms with E-state index >= 15 is 0 Å². The Balaban J connectivity index is 1.66. The van der Waals surface area contributed by atoms with Crippen LogP contribution in [0.1, 0.15) is 62.7 Å². The largest absolute Gasteiger partial charge is 0.310 e. The van der Waals surface area contributed by atoms with Crippen molar-refractivity contribution < 1.29 is 0 Å². The van der Waals surface area contributed by atoms with Crippen LogP contribution in [0.15, 0.2) is 6.20 Å². The Kier molecular flexibility index (Phi) is 3.42. The van der Waals surface area contributed by atoms with E-state index in [-0.39, 0.29) is 0 Å². The van der Waals surface area contributed by atoms with Crippen LogP contribution in [-0.4, -0.2) is 15.8 Å². The van der Waals surface area contributed by atoms with Gasteiger partial charge < -0.3 is 5.32 Å². The van der Waals surface area contributed by atoms with E-state index in [0.29, 0.717) is 6.04 Å². The second-order valence-electron chi connectivity index (χ2n) is 6.30. The Hall–Kier alpha value is -0.830. The normalized spacial score (nSPS) is 28.6. The molecule has 0 radical (unpaired) electrons. The van der Waals surface area contributed by atoms with Gasteiger partial charge in [-0.3, -0.25) is 4.68 Å². The molecular weight excluding hydrogens is 222 g/mol. The van der Waals surface area contributed by atoms with Crippen LogP contribution >= 0.6 is 0 Å². The quantitative estimate of drug-likeness (QED) is 0.885. The predicted octanol–water partition coefficient (Wildman–Crippen LogP) is 3.19. The number of nitrogens with zero attached hydrogens (tertiary/aromatic N) is 2. The fraction of sp³-hybridized carbons (Fsp3) is 0.800. The van der Waals surface area contributed by atoms with Crippen LogP contribution in [0.2, 0.25) is 0 Å². The van der Waals surface area contributed by atoms with Crippen molar-refractivity contribution in [3.63, 3.8) is 0 Å². The minimum absolute atomic E-state index is 0.641. The van der Waals surface area contributed by atoms with E-state index in [1.165, 1.54) is 49.8 Å². The molecule has 1 N–H and O–H groups in total. The Morgan fingerprint density at radius 1 is 1.33 bits per heavy atom. The van der Waals surface area contributed by atoms with E-state index in [2.05, 4.69) is 30.0 Å². The van der Waals surface area contributed by atoms with Crippen LogP contribution in [0.25, 0.3) is 0 Å². The van der Waals surface area contributed by atoms with Gasteiger partial charge in [0.1, 0.15) is 0 Å². The molecule has 1 heterocycles. The first-order valence-electron chi connectivity index (χ1n) is 7.50. The molecule has 3 rings (SSSR count). The van der Waals surface area contributed by atoms with Crippen molar-refractivity contribution in [2.45, 2.75) is 71.0 Å². The molecule has 2 fully saturated rings. The van der Waals surface area contributed by atoms with Crippen LogP contribution in [-0.2, 0) is 6.54 Å².